The SMILES string of the molecule is C[S+]([O-])c1cccc(F)c1F. The van der Waals surface area contributed by atoms with Crippen LogP contribution in [0.2, 0.25) is 0 Å². The van der Waals surface area contributed by atoms with Crippen LogP contribution in [0.1, 0.15) is 0 Å². The largest absolute Gasteiger partial charge is 0.612 e. The monoisotopic (exact) mass is 176 g/mol. The van der Waals surface area contributed by atoms with Gasteiger partial charge < -0.3 is 4.55 Å². The molecule has 0 aromatic heterocycles. The molecule has 0 amide bonds. The van der Waals surface area contributed by atoms with Gasteiger partial charge in [0, 0.05) is 0 Å². The Hall–Kier alpha value is -0.610. The number of halogens is 2. The van der Waals surface area contributed by atoms with Crippen molar-refractivity contribution in [1.29, 1.82) is 0 Å². The second-order valence-electron chi connectivity index (χ2n) is 2.01. The molecule has 0 aliphatic rings. The Morgan fingerprint density at radius 1 is 1.36 bits per heavy atom. The standard InChI is InChI=1S/C7H6F2OS/c1-11(10)6-4-2-3-5(8)7(6)9/h2-4H,1H3. The van der Waals surface area contributed by atoms with E-state index in [9.17, 15) is 13.3 Å². The fraction of sp³-hybridized carbons (Fsp3) is 0.143. The van der Waals surface area contributed by atoms with Crippen LogP contribution in [-0.2, 0) is 11.2 Å². The van der Waals surface area contributed by atoms with E-state index in [0.717, 1.165) is 6.07 Å². The lowest BCUT2D eigenvalue weighted by Crippen LogP contribution is -2.02. The second-order valence-corrected chi connectivity index (χ2v) is 3.35. The zero-order valence-corrected chi connectivity index (χ0v) is 6.62. The smallest absolute Gasteiger partial charge is 0.213 e. The Kier molecular flexibility index (Phi) is 2.46. The molecule has 0 saturated carbocycles. The van der Waals surface area contributed by atoms with Crippen LogP contribution in [0.25, 0.3) is 0 Å². The third kappa shape index (κ3) is 1.70. The zero-order valence-electron chi connectivity index (χ0n) is 5.80. The van der Waals surface area contributed by atoms with Gasteiger partial charge in [0.1, 0.15) is 6.26 Å². The molecule has 0 saturated heterocycles. The van der Waals surface area contributed by atoms with Gasteiger partial charge in [-0.3, -0.25) is 0 Å². The summed E-state index contributed by atoms with van der Waals surface area (Å²) in [6.07, 6.45) is 1.30. The molecule has 0 heterocycles. The van der Waals surface area contributed by atoms with Gasteiger partial charge in [0.15, 0.2) is 10.7 Å². The van der Waals surface area contributed by atoms with Crippen molar-refractivity contribution in [1.82, 2.24) is 0 Å². The van der Waals surface area contributed by atoms with Crippen LogP contribution in [0.3, 0.4) is 0 Å². The summed E-state index contributed by atoms with van der Waals surface area (Å²) in [5, 5.41) is 0. The maximum Gasteiger partial charge on any atom is 0.213 e. The van der Waals surface area contributed by atoms with E-state index < -0.39 is 22.8 Å². The van der Waals surface area contributed by atoms with Gasteiger partial charge in [0.25, 0.3) is 0 Å². The van der Waals surface area contributed by atoms with E-state index in [-0.39, 0.29) is 4.90 Å². The summed E-state index contributed by atoms with van der Waals surface area (Å²) in [6, 6.07) is 3.62. The quantitative estimate of drug-likeness (QED) is 0.597. The Labute approximate surface area is 66.2 Å². The zero-order chi connectivity index (χ0) is 8.43. The molecule has 1 aromatic rings. The van der Waals surface area contributed by atoms with E-state index in [0.29, 0.717) is 0 Å². The number of hydrogen-bond acceptors (Lipinski definition) is 1. The summed E-state index contributed by atoms with van der Waals surface area (Å²) in [7, 11) is 0. The van der Waals surface area contributed by atoms with Gasteiger partial charge >= 0.3 is 0 Å². The van der Waals surface area contributed by atoms with Gasteiger partial charge in [-0.2, -0.15) is 4.39 Å². The van der Waals surface area contributed by atoms with E-state index in [1.165, 1.54) is 18.4 Å². The van der Waals surface area contributed by atoms with Gasteiger partial charge in [0.05, 0.1) is 0 Å². The maximum atomic E-state index is 12.7. The summed E-state index contributed by atoms with van der Waals surface area (Å²) in [6.45, 7) is 0. The van der Waals surface area contributed by atoms with E-state index in [1.807, 2.05) is 0 Å². The van der Waals surface area contributed by atoms with Crippen molar-refractivity contribution in [3.8, 4) is 0 Å². The summed E-state index contributed by atoms with van der Waals surface area (Å²) < 4.78 is 35.8. The van der Waals surface area contributed by atoms with Crippen molar-refractivity contribution in [2.75, 3.05) is 6.26 Å². The molecule has 1 atom stereocenters. The van der Waals surface area contributed by atoms with Crippen LogP contribution < -0.4 is 0 Å². The first-order chi connectivity index (χ1) is 5.13. The molecule has 0 N–H and O–H groups in total. The molecule has 0 fully saturated rings. The van der Waals surface area contributed by atoms with E-state index in [1.54, 1.807) is 0 Å². The van der Waals surface area contributed by atoms with Crippen molar-refractivity contribution in [3.05, 3.63) is 29.8 Å². The van der Waals surface area contributed by atoms with Gasteiger partial charge in [-0.05, 0) is 23.3 Å². The minimum absolute atomic E-state index is 0.0926. The van der Waals surface area contributed by atoms with Crippen LogP contribution in [0.4, 0.5) is 8.78 Å². The Morgan fingerprint density at radius 2 is 2.00 bits per heavy atom. The third-order valence-corrected chi connectivity index (χ3v) is 2.16. The summed E-state index contributed by atoms with van der Waals surface area (Å²) in [4.78, 5) is -0.0926. The maximum absolute atomic E-state index is 12.7. The second kappa shape index (κ2) is 3.19. The van der Waals surface area contributed by atoms with E-state index >= 15 is 0 Å². The molecule has 0 spiro atoms. The first kappa shape index (κ1) is 8.49. The van der Waals surface area contributed by atoms with Crippen molar-refractivity contribution < 1.29 is 13.3 Å². The van der Waals surface area contributed by atoms with E-state index in [4.69, 9.17) is 0 Å². The molecule has 0 bridgehead atoms. The number of hydrogen-bond donors (Lipinski definition) is 0. The molecular weight excluding hydrogens is 170 g/mol. The fourth-order valence-electron chi connectivity index (χ4n) is 0.706. The highest BCUT2D eigenvalue weighted by atomic mass is 32.2. The fourth-order valence-corrected chi connectivity index (χ4v) is 1.33. The first-order valence-electron chi connectivity index (χ1n) is 2.90. The lowest BCUT2D eigenvalue weighted by atomic mass is 10.3. The van der Waals surface area contributed by atoms with Crippen LogP contribution in [0.15, 0.2) is 23.1 Å². The minimum atomic E-state index is -1.47. The minimum Gasteiger partial charge on any atom is -0.612 e. The molecule has 0 aliphatic heterocycles. The van der Waals surface area contributed by atoms with Gasteiger partial charge in [-0.25, -0.2) is 4.39 Å². The highest BCUT2D eigenvalue weighted by molar-refractivity contribution is 7.90. The Bertz CT molecular complexity index is 263. The summed E-state index contributed by atoms with van der Waals surface area (Å²) in [5.74, 6) is -1.98. The van der Waals surface area contributed by atoms with Crippen molar-refractivity contribution in [3.63, 3.8) is 0 Å². The van der Waals surface area contributed by atoms with Crippen LogP contribution in [0.5, 0.6) is 0 Å². The molecule has 11 heavy (non-hydrogen) atoms. The summed E-state index contributed by atoms with van der Waals surface area (Å²) >= 11 is -1.47. The normalized spacial score (nSPS) is 13.1. The topological polar surface area (TPSA) is 23.1 Å². The molecule has 1 aromatic carbocycles. The highest BCUT2D eigenvalue weighted by Gasteiger charge is 2.14. The van der Waals surface area contributed by atoms with Crippen LogP contribution >= 0.6 is 0 Å². The predicted molar refractivity (Wildman–Crippen MR) is 38.7 cm³/mol. The van der Waals surface area contributed by atoms with Gasteiger partial charge in [0.2, 0.25) is 5.82 Å². The number of rotatable bonds is 1. The predicted octanol–water partition coefficient (Wildman–Crippen LogP) is 1.70. The average molecular weight is 176 g/mol. The van der Waals surface area contributed by atoms with Gasteiger partial charge in [-0.15, -0.1) is 0 Å². The van der Waals surface area contributed by atoms with Crippen LogP contribution in [0, 0.1) is 11.6 Å². The van der Waals surface area contributed by atoms with Crippen LogP contribution in [-0.4, -0.2) is 10.8 Å². The van der Waals surface area contributed by atoms with Crippen molar-refractivity contribution >= 4 is 11.2 Å². The molecular formula is C7H6F2OS. The van der Waals surface area contributed by atoms with Crippen molar-refractivity contribution in [2.45, 2.75) is 4.90 Å². The molecule has 4 heteroatoms. The molecule has 1 unspecified atom stereocenters. The third-order valence-electron chi connectivity index (χ3n) is 1.23. The lowest BCUT2D eigenvalue weighted by Gasteiger charge is -2.04. The molecule has 1 nitrogen and oxygen atoms in total. The van der Waals surface area contributed by atoms with Crippen molar-refractivity contribution in [2.24, 2.45) is 0 Å². The van der Waals surface area contributed by atoms with E-state index in [2.05, 4.69) is 0 Å². The first-order valence-corrected chi connectivity index (χ1v) is 4.46. The molecule has 60 valence electrons. The Balaban J connectivity index is 3.17. The molecule has 0 aliphatic carbocycles. The molecule has 1 rings (SSSR count). The number of benzene rings is 1. The lowest BCUT2D eigenvalue weighted by molar-refractivity contribution is 0.485. The summed E-state index contributed by atoms with van der Waals surface area (Å²) in [5.41, 5.74) is 0. The molecule has 0 radical (unpaired) electrons. The van der Waals surface area contributed by atoms with Gasteiger partial charge in [-0.1, -0.05) is 6.07 Å². The highest BCUT2D eigenvalue weighted by Crippen LogP contribution is 2.15. The average Bonchev–Trinajstić information content (AvgIpc) is 1.94. The Morgan fingerprint density at radius 3 is 2.45 bits per heavy atom.